The number of carbonyl (C=O) groups is 2. The van der Waals surface area contributed by atoms with Gasteiger partial charge in [-0.15, -0.1) is 0 Å². The average molecular weight is 289 g/mol. The summed E-state index contributed by atoms with van der Waals surface area (Å²) < 4.78 is 4.86. The zero-order valence-electron chi connectivity index (χ0n) is 12.8. The van der Waals surface area contributed by atoms with Crippen molar-refractivity contribution in [3.8, 4) is 0 Å². The molecule has 0 saturated carbocycles. The summed E-state index contributed by atoms with van der Waals surface area (Å²) in [5.41, 5.74) is 1.70. The first-order chi connectivity index (χ1) is 10.2. The van der Waals surface area contributed by atoms with Crippen LogP contribution < -0.4 is 0 Å². The summed E-state index contributed by atoms with van der Waals surface area (Å²) in [5, 5.41) is 0. The number of hydrogen-bond acceptors (Lipinski definition) is 3. The van der Waals surface area contributed by atoms with Gasteiger partial charge in [-0.05, 0) is 36.8 Å². The van der Waals surface area contributed by atoms with E-state index in [9.17, 15) is 9.59 Å². The molecule has 0 bridgehead atoms. The minimum atomic E-state index is -0.282. The van der Waals surface area contributed by atoms with Crippen LogP contribution in [0.15, 0.2) is 24.3 Å². The molecule has 1 aromatic rings. The fraction of sp³-hybridized carbons (Fsp3) is 0.529. The maximum Gasteiger partial charge on any atom is 0.338 e. The van der Waals surface area contributed by atoms with Gasteiger partial charge in [0.25, 0.3) is 0 Å². The molecule has 0 spiro atoms. The van der Waals surface area contributed by atoms with E-state index in [-0.39, 0.29) is 11.9 Å². The Balaban J connectivity index is 2.06. The van der Waals surface area contributed by atoms with E-state index in [4.69, 9.17) is 4.74 Å². The van der Waals surface area contributed by atoms with Crippen LogP contribution >= 0.6 is 0 Å². The second-order valence-electron chi connectivity index (χ2n) is 5.48. The number of carbonyl (C=O) groups excluding carboxylic acids is 2. The maximum absolute atomic E-state index is 11.9. The molecule has 1 saturated heterocycles. The molecule has 1 heterocycles. The Bertz CT molecular complexity index is 505. The molecule has 1 fully saturated rings. The smallest absolute Gasteiger partial charge is 0.338 e. The molecular formula is C17H23NO3. The van der Waals surface area contributed by atoms with Crippen LogP contribution in [-0.2, 0) is 9.53 Å². The van der Waals surface area contributed by atoms with Gasteiger partial charge in [-0.3, -0.25) is 4.79 Å². The maximum atomic E-state index is 11.9. The highest BCUT2D eigenvalue weighted by molar-refractivity contribution is 5.91. The van der Waals surface area contributed by atoms with Gasteiger partial charge < -0.3 is 9.64 Å². The molecule has 0 N–H and O–H groups in total. The van der Waals surface area contributed by atoms with Crippen molar-refractivity contribution in [2.45, 2.75) is 38.5 Å². The van der Waals surface area contributed by atoms with Gasteiger partial charge in [0.15, 0.2) is 0 Å². The van der Waals surface area contributed by atoms with Crippen LogP contribution in [0.1, 0.15) is 54.4 Å². The highest BCUT2D eigenvalue weighted by atomic mass is 16.5. The van der Waals surface area contributed by atoms with Crippen molar-refractivity contribution in [3.63, 3.8) is 0 Å². The summed E-state index contributed by atoms with van der Waals surface area (Å²) in [4.78, 5) is 25.7. The predicted octanol–water partition coefficient (Wildman–Crippen LogP) is 2.98. The van der Waals surface area contributed by atoms with Crippen LogP contribution in [0.4, 0.5) is 0 Å². The predicted molar refractivity (Wildman–Crippen MR) is 81.2 cm³/mol. The van der Waals surface area contributed by atoms with Crippen LogP contribution in [0.25, 0.3) is 0 Å². The van der Waals surface area contributed by atoms with Crippen LogP contribution in [0.5, 0.6) is 0 Å². The second kappa shape index (κ2) is 7.25. The molecule has 1 aromatic carbocycles. The van der Waals surface area contributed by atoms with Crippen molar-refractivity contribution in [2.75, 3.05) is 20.2 Å². The Morgan fingerprint density at radius 1 is 1.24 bits per heavy atom. The number of ether oxygens (including phenoxy) is 1. The first-order valence-corrected chi connectivity index (χ1v) is 7.62. The number of likely N-dealkylation sites (tertiary alicyclic amines) is 1. The molecular weight excluding hydrogens is 266 g/mol. The molecule has 21 heavy (non-hydrogen) atoms. The van der Waals surface area contributed by atoms with Gasteiger partial charge in [-0.1, -0.05) is 25.1 Å². The Labute approximate surface area is 126 Å². The van der Waals surface area contributed by atoms with Gasteiger partial charge in [0.1, 0.15) is 0 Å². The van der Waals surface area contributed by atoms with Gasteiger partial charge in [0.05, 0.1) is 12.7 Å². The lowest BCUT2D eigenvalue weighted by molar-refractivity contribution is -0.132. The first-order valence-electron chi connectivity index (χ1n) is 7.62. The third kappa shape index (κ3) is 3.63. The van der Waals surface area contributed by atoms with E-state index in [0.717, 1.165) is 37.9 Å². The number of nitrogens with zero attached hydrogens (tertiary/aromatic N) is 1. The molecule has 0 atom stereocenters. The molecule has 4 nitrogen and oxygen atoms in total. The van der Waals surface area contributed by atoms with Crippen molar-refractivity contribution in [3.05, 3.63) is 35.4 Å². The van der Waals surface area contributed by atoms with Crippen molar-refractivity contribution in [1.29, 1.82) is 0 Å². The summed E-state index contributed by atoms with van der Waals surface area (Å²) in [6, 6.07) is 7.63. The quantitative estimate of drug-likeness (QED) is 0.801. The van der Waals surface area contributed by atoms with E-state index < -0.39 is 0 Å². The third-order valence-corrected chi connectivity index (χ3v) is 4.12. The fourth-order valence-corrected chi connectivity index (χ4v) is 2.96. The number of benzene rings is 1. The Morgan fingerprint density at radius 2 is 1.90 bits per heavy atom. The van der Waals surface area contributed by atoms with Crippen molar-refractivity contribution < 1.29 is 14.3 Å². The lowest BCUT2D eigenvalue weighted by Gasteiger charge is -2.32. The van der Waals surface area contributed by atoms with Gasteiger partial charge in [0.2, 0.25) is 5.91 Å². The lowest BCUT2D eigenvalue weighted by Crippen LogP contribution is -2.38. The number of hydrogen-bond donors (Lipinski definition) is 0. The van der Waals surface area contributed by atoms with E-state index in [0.29, 0.717) is 17.9 Å². The molecule has 0 radical (unpaired) electrons. The highest BCUT2D eigenvalue weighted by Gasteiger charge is 2.26. The molecule has 1 amide bonds. The number of piperidine rings is 1. The monoisotopic (exact) mass is 289 g/mol. The van der Waals surface area contributed by atoms with E-state index in [1.165, 1.54) is 7.11 Å². The third-order valence-electron chi connectivity index (χ3n) is 4.12. The van der Waals surface area contributed by atoms with Gasteiger partial charge in [-0.25, -0.2) is 4.79 Å². The standard InChI is InChI=1S/C17H23NO3/c1-3-6-16(19)18-11-9-13(10-12-18)14-7-4-5-8-15(14)17(20)21-2/h4-5,7-8,13H,3,6,9-12H2,1-2H3. The van der Waals surface area contributed by atoms with Gasteiger partial charge in [0, 0.05) is 19.5 Å². The van der Waals surface area contributed by atoms with Crippen molar-refractivity contribution in [1.82, 2.24) is 4.90 Å². The fourth-order valence-electron chi connectivity index (χ4n) is 2.96. The van der Waals surface area contributed by atoms with Crippen molar-refractivity contribution >= 4 is 11.9 Å². The second-order valence-corrected chi connectivity index (χ2v) is 5.48. The van der Waals surface area contributed by atoms with Crippen LogP contribution in [-0.4, -0.2) is 37.0 Å². The zero-order valence-corrected chi connectivity index (χ0v) is 12.8. The van der Waals surface area contributed by atoms with E-state index >= 15 is 0 Å². The van der Waals surface area contributed by atoms with Crippen LogP contribution in [0, 0.1) is 0 Å². The largest absolute Gasteiger partial charge is 0.465 e. The molecule has 0 aromatic heterocycles. The summed E-state index contributed by atoms with van der Waals surface area (Å²) in [7, 11) is 1.41. The minimum absolute atomic E-state index is 0.247. The minimum Gasteiger partial charge on any atom is -0.465 e. The number of rotatable bonds is 4. The Kier molecular flexibility index (Phi) is 5.37. The number of methoxy groups -OCH3 is 1. The highest BCUT2D eigenvalue weighted by Crippen LogP contribution is 2.31. The molecule has 1 aliphatic heterocycles. The normalized spacial score (nSPS) is 15.8. The summed E-state index contributed by atoms with van der Waals surface area (Å²) in [5.74, 6) is 0.290. The Hall–Kier alpha value is -1.84. The average Bonchev–Trinajstić information content (AvgIpc) is 2.54. The SMILES string of the molecule is CCCC(=O)N1CCC(c2ccccc2C(=O)OC)CC1. The molecule has 0 aliphatic carbocycles. The lowest BCUT2D eigenvalue weighted by atomic mass is 9.86. The summed E-state index contributed by atoms with van der Waals surface area (Å²) >= 11 is 0. The molecule has 114 valence electrons. The molecule has 2 rings (SSSR count). The summed E-state index contributed by atoms with van der Waals surface area (Å²) in [6.45, 7) is 3.58. The van der Waals surface area contributed by atoms with Crippen LogP contribution in [0.3, 0.4) is 0 Å². The van der Waals surface area contributed by atoms with Crippen molar-refractivity contribution in [2.24, 2.45) is 0 Å². The number of esters is 1. The summed E-state index contributed by atoms with van der Waals surface area (Å²) in [6.07, 6.45) is 3.33. The van der Waals surface area contributed by atoms with Crippen LogP contribution in [0.2, 0.25) is 0 Å². The van der Waals surface area contributed by atoms with E-state index in [1.807, 2.05) is 36.1 Å². The van der Waals surface area contributed by atoms with E-state index in [2.05, 4.69) is 0 Å². The van der Waals surface area contributed by atoms with E-state index in [1.54, 1.807) is 0 Å². The topological polar surface area (TPSA) is 46.6 Å². The van der Waals surface area contributed by atoms with Gasteiger partial charge in [-0.2, -0.15) is 0 Å². The first kappa shape index (κ1) is 15.5. The molecule has 0 unspecified atom stereocenters. The molecule has 4 heteroatoms. The molecule has 1 aliphatic rings. The Morgan fingerprint density at radius 3 is 2.52 bits per heavy atom. The number of amides is 1. The zero-order chi connectivity index (χ0) is 15.2. The van der Waals surface area contributed by atoms with Gasteiger partial charge >= 0.3 is 5.97 Å².